The van der Waals surface area contributed by atoms with Gasteiger partial charge in [0.1, 0.15) is 5.75 Å². The third-order valence-corrected chi connectivity index (χ3v) is 3.54. The monoisotopic (exact) mass is 312 g/mol. The molecule has 2 rings (SSSR count). The van der Waals surface area contributed by atoms with Crippen LogP contribution in [0.2, 0.25) is 0 Å². The third kappa shape index (κ3) is 5.33. The second kappa shape index (κ2) is 8.22. The number of benzene rings is 2. The first-order chi connectivity index (χ1) is 11.1. The highest BCUT2D eigenvalue weighted by molar-refractivity contribution is 5.89. The minimum atomic E-state index is -0.192. The van der Waals surface area contributed by atoms with E-state index in [1.54, 1.807) is 0 Å². The molecule has 0 saturated carbocycles. The lowest BCUT2D eigenvalue weighted by molar-refractivity contribution is 0.250. The molecule has 0 saturated heterocycles. The topological polar surface area (TPSA) is 50.4 Å². The van der Waals surface area contributed by atoms with Crippen LogP contribution in [0.3, 0.4) is 0 Å². The molecule has 2 N–H and O–H groups in total. The number of para-hydroxylation sites is 1. The zero-order valence-electron chi connectivity index (χ0n) is 14.0. The molecule has 0 aliphatic rings. The average molecular weight is 312 g/mol. The first-order valence-electron chi connectivity index (χ1n) is 7.87. The number of hydrogen-bond donors (Lipinski definition) is 2. The van der Waals surface area contributed by atoms with Gasteiger partial charge in [-0.3, -0.25) is 0 Å². The van der Waals surface area contributed by atoms with Crippen LogP contribution < -0.4 is 15.4 Å². The van der Waals surface area contributed by atoms with Crippen molar-refractivity contribution in [3.63, 3.8) is 0 Å². The second-order valence-electron chi connectivity index (χ2n) is 5.67. The summed E-state index contributed by atoms with van der Waals surface area (Å²) in [6.45, 7) is 7.22. The van der Waals surface area contributed by atoms with Crippen LogP contribution in [0.15, 0.2) is 42.5 Å². The molecule has 122 valence electrons. The summed E-state index contributed by atoms with van der Waals surface area (Å²) in [5.74, 6) is 0.941. The Morgan fingerprint density at radius 3 is 2.43 bits per heavy atom. The van der Waals surface area contributed by atoms with E-state index in [0.29, 0.717) is 13.2 Å². The Kier molecular flexibility index (Phi) is 6.03. The number of aryl methyl sites for hydroxylation is 3. The SMILES string of the molecule is Cc1cccc(NC(=O)NCCCOc2c(C)cccc2C)c1. The fourth-order valence-electron chi connectivity index (χ4n) is 2.37. The number of anilines is 1. The van der Waals surface area contributed by atoms with Crippen molar-refractivity contribution in [3.8, 4) is 5.75 Å². The lowest BCUT2D eigenvalue weighted by atomic mass is 10.1. The number of nitrogens with one attached hydrogen (secondary N) is 2. The molecule has 0 fully saturated rings. The molecule has 0 radical (unpaired) electrons. The normalized spacial score (nSPS) is 10.2. The van der Waals surface area contributed by atoms with Gasteiger partial charge in [0.05, 0.1) is 6.61 Å². The molecule has 0 atom stereocenters. The van der Waals surface area contributed by atoms with Gasteiger partial charge in [0.2, 0.25) is 0 Å². The summed E-state index contributed by atoms with van der Waals surface area (Å²) in [6.07, 6.45) is 0.759. The van der Waals surface area contributed by atoms with Crippen molar-refractivity contribution >= 4 is 11.7 Å². The van der Waals surface area contributed by atoms with Crippen molar-refractivity contribution in [2.45, 2.75) is 27.2 Å². The Bertz CT molecular complexity index is 648. The van der Waals surface area contributed by atoms with Crippen LogP contribution in [-0.2, 0) is 0 Å². The van der Waals surface area contributed by atoms with Gasteiger partial charge in [0.25, 0.3) is 0 Å². The molecule has 0 aliphatic carbocycles. The lowest BCUT2D eigenvalue weighted by Gasteiger charge is -2.12. The maximum atomic E-state index is 11.8. The second-order valence-corrected chi connectivity index (χ2v) is 5.67. The van der Waals surface area contributed by atoms with Gasteiger partial charge >= 0.3 is 6.03 Å². The fraction of sp³-hybridized carbons (Fsp3) is 0.316. The van der Waals surface area contributed by atoms with Gasteiger partial charge in [-0.15, -0.1) is 0 Å². The first kappa shape index (κ1) is 16.9. The van der Waals surface area contributed by atoms with Crippen molar-refractivity contribution in [3.05, 3.63) is 59.2 Å². The molecule has 4 nitrogen and oxygen atoms in total. The van der Waals surface area contributed by atoms with E-state index in [-0.39, 0.29) is 6.03 Å². The van der Waals surface area contributed by atoms with Crippen LogP contribution in [0.25, 0.3) is 0 Å². The Morgan fingerprint density at radius 1 is 1.04 bits per heavy atom. The molecule has 0 unspecified atom stereocenters. The van der Waals surface area contributed by atoms with Crippen LogP contribution >= 0.6 is 0 Å². The minimum absolute atomic E-state index is 0.192. The molecule has 0 bridgehead atoms. The molecule has 0 spiro atoms. The van der Waals surface area contributed by atoms with Crippen LogP contribution in [0, 0.1) is 20.8 Å². The van der Waals surface area contributed by atoms with Crippen LogP contribution in [0.5, 0.6) is 5.75 Å². The number of hydrogen-bond acceptors (Lipinski definition) is 2. The molecule has 23 heavy (non-hydrogen) atoms. The van der Waals surface area contributed by atoms with Gasteiger partial charge < -0.3 is 15.4 Å². The summed E-state index contributed by atoms with van der Waals surface area (Å²) in [7, 11) is 0. The number of carbonyl (C=O) groups excluding carboxylic acids is 1. The largest absolute Gasteiger partial charge is 0.493 e. The van der Waals surface area contributed by atoms with E-state index in [4.69, 9.17) is 4.74 Å². The van der Waals surface area contributed by atoms with Crippen molar-refractivity contribution in [1.82, 2.24) is 5.32 Å². The van der Waals surface area contributed by atoms with Gasteiger partial charge in [0.15, 0.2) is 0 Å². The number of ether oxygens (including phenoxy) is 1. The van der Waals surface area contributed by atoms with E-state index in [1.807, 2.05) is 63.2 Å². The molecule has 2 aromatic carbocycles. The maximum Gasteiger partial charge on any atom is 0.319 e. The number of rotatable bonds is 6. The Balaban J connectivity index is 1.68. The van der Waals surface area contributed by atoms with Crippen molar-refractivity contribution in [1.29, 1.82) is 0 Å². The Labute approximate surface area is 137 Å². The number of carbonyl (C=O) groups is 1. The lowest BCUT2D eigenvalue weighted by Crippen LogP contribution is -2.30. The summed E-state index contributed by atoms with van der Waals surface area (Å²) in [5, 5.41) is 5.65. The van der Waals surface area contributed by atoms with Gasteiger partial charge in [-0.2, -0.15) is 0 Å². The summed E-state index contributed by atoms with van der Waals surface area (Å²) >= 11 is 0. The summed E-state index contributed by atoms with van der Waals surface area (Å²) < 4.78 is 5.81. The summed E-state index contributed by atoms with van der Waals surface area (Å²) in [5.41, 5.74) is 4.18. The van der Waals surface area contributed by atoms with Crippen LogP contribution in [0.4, 0.5) is 10.5 Å². The predicted molar refractivity (Wildman–Crippen MR) is 94.2 cm³/mol. The van der Waals surface area contributed by atoms with E-state index in [1.165, 1.54) is 0 Å². The van der Waals surface area contributed by atoms with E-state index >= 15 is 0 Å². The van der Waals surface area contributed by atoms with Crippen LogP contribution in [-0.4, -0.2) is 19.2 Å². The fourth-order valence-corrected chi connectivity index (χ4v) is 2.37. The Hall–Kier alpha value is -2.49. The first-order valence-corrected chi connectivity index (χ1v) is 7.87. The van der Waals surface area contributed by atoms with Crippen molar-refractivity contribution in [2.24, 2.45) is 0 Å². The summed E-state index contributed by atoms with van der Waals surface area (Å²) in [4.78, 5) is 11.8. The molecule has 0 heterocycles. The predicted octanol–water partition coefficient (Wildman–Crippen LogP) is 4.20. The molecule has 4 heteroatoms. The molecule has 0 aliphatic heterocycles. The zero-order chi connectivity index (χ0) is 16.7. The van der Waals surface area contributed by atoms with Gasteiger partial charge in [-0.25, -0.2) is 4.79 Å². The number of amides is 2. The highest BCUT2D eigenvalue weighted by Crippen LogP contribution is 2.22. The quantitative estimate of drug-likeness (QED) is 0.785. The van der Waals surface area contributed by atoms with E-state index in [2.05, 4.69) is 10.6 Å². The zero-order valence-corrected chi connectivity index (χ0v) is 14.0. The van der Waals surface area contributed by atoms with Gasteiger partial charge in [-0.05, 0) is 56.0 Å². The van der Waals surface area contributed by atoms with E-state index in [9.17, 15) is 4.79 Å². The van der Waals surface area contributed by atoms with Gasteiger partial charge in [0, 0.05) is 12.2 Å². The van der Waals surface area contributed by atoms with Crippen molar-refractivity contribution in [2.75, 3.05) is 18.5 Å². The molecular weight excluding hydrogens is 288 g/mol. The minimum Gasteiger partial charge on any atom is -0.493 e. The highest BCUT2D eigenvalue weighted by atomic mass is 16.5. The highest BCUT2D eigenvalue weighted by Gasteiger charge is 2.04. The average Bonchev–Trinajstić information content (AvgIpc) is 2.49. The standard InChI is InChI=1S/C19H24N2O2/c1-14-7-4-10-17(13-14)21-19(22)20-11-6-12-23-18-15(2)8-5-9-16(18)3/h4-5,7-10,13H,6,11-12H2,1-3H3,(H2,20,21,22). The van der Waals surface area contributed by atoms with Gasteiger partial charge in [-0.1, -0.05) is 30.3 Å². The summed E-state index contributed by atoms with van der Waals surface area (Å²) in [6, 6.07) is 13.6. The number of urea groups is 1. The third-order valence-electron chi connectivity index (χ3n) is 3.54. The smallest absolute Gasteiger partial charge is 0.319 e. The van der Waals surface area contributed by atoms with E-state index in [0.717, 1.165) is 34.5 Å². The van der Waals surface area contributed by atoms with E-state index < -0.39 is 0 Å². The van der Waals surface area contributed by atoms with Crippen LogP contribution in [0.1, 0.15) is 23.1 Å². The maximum absolute atomic E-state index is 11.8. The molecule has 2 aromatic rings. The molecular formula is C19H24N2O2. The van der Waals surface area contributed by atoms with Crippen molar-refractivity contribution < 1.29 is 9.53 Å². The Morgan fingerprint density at radius 2 is 1.74 bits per heavy atom. The molecule has 2 amide bonds. The molecule has 0 aromatic heterocycles.